The maximum atomic E-state index is 13.2. The highest BCUT2D eigenvalue weighted by atomic mass is 32.2. The second kappa shape index (κ2) is 11.9. The summed E-state index contributed by atoms with van der Waals surface area (Å²) in [5.74, 6) is -1.32. The molecule has 1 N–H and O–H groups in total. The highest BCUT2D eigenvalue weighted by Gasteiger charge is 2.38. The fourth-order valence-electron chi connectivity index (χ4n) is 3.87. The quantitative estimate of drug-likeness (QED) is 0.314. The van der Waals surface area contributed by atoms with Crippen LogP contribution in [0.4, 0.5) is 0 Å². The summed E-state index contributed by atoms with van der Waals surface area (Å²) in [5.41, 5.74) is 1.58. The molecule has 34 heavy (non-hydrogen) atoms. The third-order valence-corrected chi connectivity index (χ3v) is 7.67. The van der Waals surface area contributed by atoms with Gasteiger partial charge in [0.2, 0.25) is 10.0 Å². The number of nitrogens with one attached hydrogen (secondary N) is 1. The van der Waals surface area contributed by atoms with Gasteiger partial charge in [0.25, 0.3) is 5.91 Å². The first kappa shape index (κ1) is 25.6. The molecule has 1 amide bonds. The van der Waals surface area contributed by atoms with Crippen LogP contribution in [-0.4, -0.2) is 56.1 Å². The molecule has 9 heteroatoms. The minimum atomic E-state index is -3.96. The lowest BCUT2D eigenvalue weighted by molar-refractivity contribution is -0.153. The molecule has 0 aromatic heterocycles. The topological polar surface area (TPSA) is 110 Å². The van der Waals surface area contributed by atoms with Gasteiger partial charge in [-0.05, 0) is 56.7 Å². The number of nitrogens with zero attached hydrogens (tertiary/aromatic N) is 1. The lowest BCUT2D eigenvalue weighted by atomic mass is 10.1. The Morgan fingerprint density at radius 1 is 1.03 bits per heavy atom. The number of Topliss-reactive ketones (excluding diaryl/α,β-unsaturated/α-hetero) is 1. The molecule has 0 radical (unpaired) electrons. The van der Waals surface area contributed by atoms with Crippen molar-refractivity contribution < 1.29 is 27.5 Å². The molecule has 1 aliphatic heterocycles. The smallest absolute Gasteiger partial charge is 0.324 e. The van der Waals surface area contributed by atoms with Crippen LogP contribution < -0.4 is 5.32 Å². The number of piperidine rings is 1. The zero-order chi connectivity index (χ0) is 24.6. The molecule has 0 aliphatic carbocycles. The molecule has 0 saturated carbocycles. The Balaban J connectivity index is 1.53. The van der Waals surface area contributed by atoms with E-state index in [0.717, 1.165) is 17.1 Å². The van der Waals surface area contributed by atoms with Crippen molar-refractivity contribution in [2.45, 2.75) is 50.0 Å². The molecule has 0 spiro atoms. The summed E-state index contributed by atoms with van der Waals surface area (Å²) >= 11 is 0. The number of sulfonamides is 1. The summed E-state index contributed by atoms with van der Waals surface area (Å²) in [4.78, 5) is 36.3. The van der Waals surface area contributed by atoms with Crippen LogP contribution >= 0.6 is 0 Å². The average Bonchev–Trinajstić information content (AvgIpc) is 2.86. The Kier molecular flexibility index (Phi) is 8.95. The van der Waals surface area contributed by atoms with Gasteiger partial charge in [0.05, 0.1) is 4.90 Å². The van der Waals surface area contributed by atoms with Crippen molar-refractivity contribution in [1.29, 1.82) is 0 Å². The number of carbonyl (C=O) groups excluding carboxylic acids is 3. The van der Waals surface area contributed by atoms with Crippen molar-refractivity contribution in [3.8, 4) is 0 Å². The molecule has 2 aromatic carbocycles. The van der Waals surface area contributed by atoms with E-state index >= 15 is 0 Å². The molecule has 182 valence electrons. The van der Waals surface area contributed by atoms with E-state index < -0.39 is 34.5 Å². The second-order valence-electron chi connectivity index (χ2n) is 8.25. The monoisotopic (exact) mass is 486 g/mol. The van der Waals surface area contributed by atoms with E-state index in [-0.39, 0.29) is 17.2 Å². The molecule has 1 atom stereocenters. The van der Waals surface area contributed by atoms with E-state index in [2.05, 4.69) is 5.32 Å². The van der Waals surface area contributed by atoms with Gasteiger partial charge in [0.15, 0.2) is 12.4 Å². The Labute approximate surface area is 200 Å². The molecule has 1 saturated heterocycles. The molecule has 2 aromatic rings. The zero-order valence-corrected chi connectivity index (χ0v) is 20.1. The lowest BCUT2D eigenvalue weighted by Crippen LogP contribution is -2.49. The Hall–Kier alpha value is -3.04. The number of amides is 1. The van der Waals surface area contributed by atoms with E-state index in [0.29, 0.717) is 31.4 Å². The minimum Gasteiger partial charge on any atom is -0.454 e. The van der Waals surface area contributed by atoms with Crippen LogP contribution in [-0.2, 0) is 30.8 Å². The van der Waals surface area contributed by atoms with Gasteiger partial charge in [-0.15, -0.1) is 0 Å². The summed E-state index contributed by atoms with van der Waals surface area (Å²) < 4.78 is 32.6. The number of rotatable bonds is 10. The van der Waals surface area contributed by atoms with Gasteiger partial charge in [-0.25, -0.2) is 8.42 Å². The fraction of sp³-hybridized carbons (Fsp3) is 0.400. The van der Waals surface area contributed by atoms with Crippen molar-refractivity contribution in [1.82, 2.24) is 9.62 Å². The first-order chi connectivity index (χ1) is 16.3. The molecular formula is C25H30N2O6S. The first-order valence-corrected chi connectivity index (χ1v) is 12.8. The second-order valence-corrected chi connectivity index (χ2v) is 10.1. The van der Waals surface area contributed by atoms with E-state index in [1.54, 1.807) is 0 Å². The van der Waals surface area contributed by atoms with Crippen LogP contribution in [0, 0.1) is 0 Å². The predicted octanol–water partition coefficient (Wildman–Crippen LogP) is 2.72. The number of aryl methyl sites for hydroxylation is 1. The molecule has 1 heterocycles. The first-order valence-electron chi connectivity index (χ1n) is 11.4. The molecule has 8 nitrogen and oxygen atoms in total. The number of benzene rings is 2. The summed E-state index contributed by atoms with van der Waals surface area (Å²) in [5, 5.41) is 2.72. The van der Waals surface area contributed by atoms with Crippen molar-refractivity contribution in [2.24, 2.45) is 0 Å². The van der Waals surface area contributed by atoms with E-state index in [9.17, 15) is 22.8 Å². The van der Waals surface area contributed by atoms with Gasteiger partial charge in [-0.3, -0.25) is 14.4 Å². The summed E-state index contributed by atoms with van der Waals surface area (Å²) in [6.07, 6.45) is 3.20. The van der Waals surface area contributed by atoms with Crippen LogP contribution in [0.2, 0.25) is 0 Å². The Bertz CT molecular complexity index is 1100. The maximum Gasteiger partial charge on any atom is 0.324 e. The number of ketones is 1. The molecule has 1 aliphatic rings. The van der Waals surface area contributed by atoms with Gasteiger partial charge in [0.1, 0.15) is 6.04 Å². The SMILES string of the molecule is CC(=O)c1ccc(S(=O)(=O)N2CCCCC2C(=O)OCC(=O)NCCCc2ccccc2)cc1. The van der Waals surface area contributed by atoms with Gasteiger partial charge in [-0.1, -0.05) is 42.5 Å². The van der Waals surface area contributed by atoms with E-state index in [1.807, 2.05) is 30.3 Å². The minimum absolute atomic E-state index is 0.00774. The summed E-state index contributed by atoms with van der Waals surface area (Å²) in [6, 6.07) is 14.6. The maximum absolute atomic E-state index is 13.2. The molecule has 1 unspecified atom stereocenters. The third kappa shape index (κ3) is 6.74. The van der Waals surface area contributed by atoms with Gasteiger partial charge < -0.3 is 10.1 Å². The van der Waals surface area contributed by atoms with Crippen LogP contribution in [0.15, 0.2) is 59.5 Å². The van der Waals surface area contributed by atoms with Crippen LogP contribution in [0.25, 0.3) is 0 Å². The van der Waals surface area contributed by atoms with Gasteiger partial charge >= 0.3 is 5.97 Å². The van der Waals surface area contributed by atoms with Crippen LogP contribution in [0.3, 0.4) is 0 Å². The predicted molar refractivity (Wildman–Crippen MR) is 127 cm³/mol. The van der Waals surface area contributed by atoms with E-state index in [1.165, 1.54) is 36.8 Å². The van der Waals surface area contributed by atoms with Crippen molar-refractivity contribution in [2.75, 3.05) is 19.7 Å². The molecule has 0 bridgehead atoms. The summed E-state index contributed by atoms with van der Waals surface area (Å²) in [6.45, 7) is 1.58. The van der Waals surface area contributed by atoms with Crippen molar-refractivity contribution in [3.63, 3.8) is 0 Å². The summed E-state index contributed by atoms with van der Waals surface area (Å²) in [7, 11) is -3.96. The third-order valence-electron chi connectivity index (χ3n) is 5.75. The van der Waals surface area contributed by atoms with Crippen LogP contribution in [0.1, 0.15) is 48.5 Å². The number of esters is 1. The number of carbonyl (C=O) groups is 3. The van der Waals surface area contributed by atoms with Crippen molar-refractivity contribution >= 4 is 27.7 Å². The number of hydrogen-bond donors (Lipinski definition) is 1. The fourth-order valence-corrected chi connectivity index (χ4v) is 5.52. The van der Waals surface area contributed by atoms with Crippen molar-refractivity contribution in [3.05, 3.63) is 65.7 Å². The molecular weight excluding hydrogens is 456 g/mol. The average molecular weight is 487 g/mol. The largest absolute Gasteiger partial charge is 0.454 e. The standard InChI is InChI=1S/C25H30N2O6S/c1-19(28)21-12-14-22(15-13-21)34(31,32)27-17-6-5-11-23(27)25(30)33-18-24(29)26-16-7-10-20-8-3-2-4-9-20/h2-4,8-9,12-15,23H,5-7,10-11,16-18H2,1H3,(H,26,29). The molecule has 3 rings (SSSR count). The number of ether oxygens (including phenoxy) is 1. The highest BCUT2D eigenvalue weighted by Crippen LogP contribution is 2.26. The Morgan fingerprint density at radius 3 is 2.41 bits per heavy atom. The lowest BCUT2D eigenvalue weighted by Gasteiger charge is -2.33. The highest BCUT2D eigenvalue weighted by molar-refractivity contribution is 7.89. The van der Waals surface area contributed by atoms with Gasteiger partial charge in [0, 0.05) is 18.7 Å². The van der Waals surface area contributed by atoms with Crippen LogP contribution in [0.5, 0.6) is 0 Å². The van der Waals surface area contributed by atoms with Gasteiger partial charge in [-0.2, -0.15) is 4.31 Å². The molecule has 1 fully saturated rings. The Morgan fingerprint density at radius 2 is 1.74 bits per heavy atom. The van der Waals surface area contributed by atoms with E-state index in [4.69, 9.17) is 4.74 Å². The zero-order valence-electron chi connectivity index (χ0n) is 19.2. The normalized spacial score (nSPS) is 16.6. The number of hydrogen-bond acceptors (Lipinski definition) is 6.